The third-order valence-electron chi connectivity index (χ3n) is 4.88. The lowest BCUT2D eigenvalue weighted by Gasteiger charge is -2.13. The first kappa shape index (κ1) is 45.7. The van der Waals surface area contributed by atoms with E-state index in [9.17, 15) is 16.8 Å². The Balaban J connectivity index is 0.000000595. The summed E-state index contributed by atoms with van der Waals surface area (Å²) in [6.07, 6.45) is 4.49. The van der Waals surface area contributed by atoms with E-state index in [-0.39, 0.29) is 6.04 Å². The highest BCUT2D eigenvalue weighted by Crippen LogP contribution is 2.29. The van der Waals surface area contributed by atoms with E-state index in [0.717, 1.165) is 41.8 Å². The van der Waals surface area contributed by atoms with Crippen LogP contribution in [0.1, 0.15) is 31.9 Å². The number of sulfone groups is 1. The third kappa shape index (κ3) is 23.9. The number of hydrogen-bond acceptors (Lipinski definition) is 7. The second-order valence-corrected chi connectivity index (χ2v) is 17.3. The maximum Gasteiger partial charge on any atom is 0.264 e. The van der Waals surface area contributed by atoms with E-state index in [1.54, 1.807) is 43.3 Å². The summed E-state index contributed by atoms with van der Waals surface area (Å²) in [5.41, 5.74) is 7.28. The Labute approximate surface area is 312 Å². The molecule has 3 aromatic carbocycles. The topological polar surface area (TPSA) is 116 Å². The van der Waals surface area contributed by atoms with Crippen molar-refractivity contribution >= 4 is 105 Å². The number of ether oxygens (including phenoxy) is 1. The fourth-order valence-corrected chi connectivity index (χ4v) is 5.40. The first-order valence-corrected chi connectivity index (χ1v) is 20.5. The Hall–Kier alpha value is -0.340. The molecule has 1 aliphatic rings. The van der Waals surface area contributed by atoms with Crippen LogP contribution in [0.4, 0.5) is 0 Å². The maximum absolute atomic E-state index is 10.9. The maximum atomic E-state index is 10.9. The predicted octanol–water partition coefficient (Wildman–Crippen LogP) is 9.61. The van der Waals surface area contributed by atoms with Crippen LogP contribution in [0.15, 0.2) is 59.1 Å². The van der Waals surface area contributed by atoms with Crippen LogP contribution in [0.2, 0.25) is 30.1 Å². The van der Waals surface area contributed by atoms with Gasteiger partial charge in [-0.15, -0.1) is 0 Å². The van der Waals surface area contributed by atoms with Crippen molar-refractivity contribution < 1.29 is 25.8 Å². The summed E-state index contributed by atoms with van der Waals surface area (Å²) in [5, 5.41) is 3.69. The van der Waals surface area contributed by atoms with Gasteiger partial charge in [-0.05, 0) is 90.6 Å². The summed E-state index contributed by atoms with van der Waals surface area (Å²) < 4.78 is 51.4. The van der Waals surface area contributed by atoms with E-state index in [1.807, 2.05) is 25.1 Å². The minimum Gasteiger partial charge on any atom is -0.373 e. The van der Waals surface area contributed by atoms with Gasteiger partial charge >= 0.3 is 0 Å². The summed E-state index contributed by atoms with van der Waals surface area (Å²) in [4.78, 5) is 0. The molecule has 260 valence electrons. The van der Waals surface area contributed by atoms with Crippen LogP contribution in [-0.2, 0) is 41.7 Å². The van der Waals surface area contributed by atoms with Crippen LogP contribution in [0, 0.1) is 0 Å². The Morgan fingerprint density at radius 2 is 1.04 bits per heavy atom. The molecule has 3 aromatic rings. The van der Waals surface area contributed by atoms with Crippen LogP contribution in [0.3, 0.4) is 0 Å². The van der Waals surface area contributed by atoms with Crippen LogP contribution in [0.25, 0.3) is 0 Å². The average Bonchev–Trinajstić information content (AvgIpc) is 3.68. The van der Waals surface area contributed by atoms with Crippen LogP contribution in [-0.4, -0.2) is 60.5 Å². The average molecular weight is 865 g/mol. The molecule has 1 aliphatic heterocycles. The molecule has 0 bridgehead atoms. The molecule has 0 saturated carbocycles. The molecule has 1 fully saturated rings. The molecule has 0 radical (unpaired) electrons. The van der Waals surface area contributed by atoms with Crippen molar-refractivity contribution in [1.29, 1.82) is 0 Å². The van der Waals surface area contributed by atoms with Crippen molar-refractivity contribution in [3.8, 4) is 0 Å². The van der Waals surface area contributed by atoms with E-state index >= 15 is 0 Å². The summed E-state index contributed by atoms with van der Waals surface area (Å²) in [6, 6.07) is 16.1. The van der Waals surface area contributed by atoms with E-state index in [4.69, 9.17) is 84.3 Å². The van der Waals surface area contributed by atoms with E-state index in [0.29, 0.717) is 48.2 Å². The quantitative estimate of drug-likeness (QED) is 0.149. The summed E-state index contributed by atoms with van der Waals surface area (Å²) in [7, 11) is -6.12. The van der Waals surface area contributed by atoms with Crippen molar-refractivity contribution in [1.82, 2.24) is 0 Å². The molecule has 2 N–H and O–H groups in total. The van der Waals surface area contributed by atoms with Gasteiger partial charge in [0.2, 0.25) is 0 Å². The Kier molecular flexibility index (Phi) is 22.2. The van der Waals surface area contributed by atoms with E-state index < -0.39 is 26.1 Å². The summed E-state index contributed by atoms with van der Waals surface area (Å²) in [6.45, 7) is 6.63. The van der Waals surface area contributed by atoms with Gasteiger partial charge in [-0.2, -0.15) is 8.42 Å². The molecule has 3 atom stereocenters. The molecule has 0 amide bonds. The standard InChI is InChI=1S/C10H12Cl2O3S.C9H11Cl2N.C6H3BrCl2.C3H6O.C2H6O2S/c1-7(15-16(2,13)14)6-8-9(11)4-3-5-10(8)12;1-6(12)5-7-8(10)3-2-4-9(7)11;7-6-4(8)2-1-3-5(6)9;1-3-2-4-3;1-5(2,3)4/h3-5,7H,6H2,1-2H3;2-4,6H,5,12H2,1H3;1-3H;3H,2H2,1H3;1-2H3/t7-;6-;;3-;/m10.1./s1. The van der Waals surface area contributed by atoms with Crippen LogP contribution < -0.4 is 5.73 Å². The molecule has 0 aliphatic carbocycles. The molecule has 4 rings (SSSR count). The number of epoxide rings is 1. The summed E-state index contributed by atoms with van der Waals surface area (Å²) in [5.74, 6) is 0. The zero-order valence-corrected chi connectivity index (χ0v) is 33.8. The fourth-order valence-electron chi connectivity index (χ4n) is 2.97. The number of halogens is 7. The van der Waals surface area contributed by atoms with Crippen LogP contribution in [0.5, 0.6) is 0 Å². The molecule has 16 heteroatoms. The van der Waals surface area contributed by atoms with Crippen molar-refractivity contribution in [2.45, 2.75) is 51.9 Å². The Bertz CT molecular complexity index is 1520. The SMILES string of the molecule is CS(C)(=O)=O.C[C@@H]1CO1.C[C@H](Cc1c(Cl)cccc1Cl)OS(C)(=O)=O.C[C@H](N)Cc1c(Cl)cccc1Cl.Clc1cccc(Cl)c1Br. The lowest BCUT2D eigenvalue weighted by molar-refractivity contribution is 0.232. The third-order valence-corrected chi connectivity index (χ3v) is 8.92. The first-order valence-electron chi connectivity index (χ1n) is 13.4. The van der Waals surface area contributed by atoms with E-state index in [2.05, 4.69) is 22.9 Å². The van der Waals surface area contributed by atoms with Gasteiger partial charge in [0.1, 0.15) is 9.84 Å². The van der Waals surface area contributed by atoms with Gasteiger partial charge in [-0.3, -0.25) is 4.18 Å². The van der Waals surface area contributed by atoms with Gasteiger partial charge in [-0.1, -0.05) is 87.8 Å². The number of nitrogens with two attached hydrogens (primary N) is 1. The molecule has 7 nitrogen and oxygen atoms in total. The monoisotopic (exact) mass is 861 g/mol. The Morgan fingerprint density at radius 1 is 0.761 bits per heavy atom. The van der Waals surface area contributed by atoms with Crippen molar-refractivity contribution in [3.63, 3.8) is 0 Å². The predicted molar refractivity (Wildman–Crippen MR) is 200 cm³/mol. The number of benzene rings is 3. The lowest BCUT2D eigenvalue weighted by atomic mass is 10.1. The number of rotatable bonds is 6. The fraction of sp³-hybridized carbons (Fsp3) is 0.400. The molecular formula is C30H38BrCl6NO6S2. The van der Waals surface area contributed by atoms with Gasteiger partial charge in [0.25, 0.3) is 10.1 Å². The molecule has 0 aromatic heterocycles. The van der Waals surface area contributed by atoms with Gasteiger partial charge in [0, 0.05) is 45.1 Å². The minimum absolute atomic E-state index is 0.0856. The molecule has 1 saturated heterocycles. The van der Waals surface area contributed by atoms with Gasteiger partial charge in [0.15, 0.2) is 0 Å². The molecular weight excluding hydrogens is 827 g/mol. The number of hydrogen-bond donors (Lipinski definition) is 1. The normalized spacial score (nSPS) is 14.8. The highest BCUT2D eigenvalue weighted by molar-refractivity contribution is 9.10. The van der Waals surface area contributed by atoms with Crippen LogP contribution >= 0.6 is 85.5 Å². The minimum atomic E-state index is -3.46. The Morgan fingerprint density at radius 3 is 1.28 bits per heavy atom. The van der Waals surface area contributed by atoms with E-state index in [1.165, 1.54) is 0 Å². The smallest absolute Gasteiger partial charge is 0.264 e. The highest BCUT2D eigenvalue weighted by atomic mass is 79.9. The lowest BCUT2D eigenvalue weighted by Crippen LogP contribution is -2.18. The molecule has 1 heterocycles. The molecule has 0 spiro atoms. The van der Waals surface area contributed by atoms with Crippen molar-refractivity contribution in [2.24, 2.45) is 5.73 Å². The largest absolute Gasteiger partial charge is 0.373 e. The molecule has 0 unspecified atom stereocenters. The highest BCUT2D eigenvalue weighted by Gasteiger charge is 2.15. The zero-order chi connectivity index (χ0) is 35.8. The van der Waals surface area contributed by atoms with Gasteiger partial charge in [-0.25, -0.2) is 8.42 Å². The van der Waals surface area contributed by atoms with Crippen molar-refractivity contribution in [3.05, 3.63) is 100 Å². The summed E-state index contributed by atoms with van der Waals surface area (Å²) >= 11 is 38.4. The second-order valence-electron chi connectivity index (χ2n) is 10.2. The zero-order valence-electron chi connectivity index (χ0n) is 26.0. The van der Waals surface area contributed by atoms with Gasteiger partial charge < -0.3 is 10.5 Å². The van der Waals surface area contributed by atoms with Gasteiger partial charge in [0.05, 0.1) is 39.6 Å². The molecule has 46 heavy (non-hydrogen) atoms. The first-order chi connectivity index (χ1) is 21.0. The van der Waals surface area contributed by atoms with Crippen molar-refractivity contribution in [2.75, 3.05) is 25.4 Å². The second kappa shape index (κ2) is 22.4.